The molecule has 3 nitrogen and oxygen atoms in total. The van der Waals surface area contributed by atoms with Crippen LogP contribution in [-0.2, 0) is 13.5 Å². The molecule has 2 rings (SSSR count). The maximum Gasteiger partial charge on any atom is 0.0789 e. The van der Waals surface area contributed by atoms with Crippen LogP contribution in [0.4, 0.5) is 5.69 Å². The molecule has 0 fully saturated rings. The zero-order valence-electron chi connectivity index (χ0n) is 9.59. The van der Waals surface area contributed by atoms with Crippen LogP contribution in [0.1, 0.15) is 18.2 Å². The summed E-state index contributed by atoms with van der Waals surface area (Å²) in [5, 5.41) is 4.08. The molecule has 0 bridgehead atoms. The van der Waals surface area contributed by atoms with Gasteiger partial charge in [0.2, 0.25) is 0 Å². The number of hydrogen-bond acceptors (Lipinski definition) is 2. The van der Waals surface area contributed by atoms with Crippen LogP contribution in [0.15, 0.2) is 41.5 Å². The summed E-state index contributed by atoms with van der Waals surface area (Å²) >= 11 is 0. The monoisotopic (exact) mass is 213 g/mol. The second kappa shape index (κ2) is 4.75. The third kappa shape index (κ3) is 2.37. The Morgan fingerprint density at radius 2 is 2.00 bits per heavy atom. The van der Waals surface area contributed by atoms with Crippen molar-refractivity contribution < 1.29 is 0 Å². The van der Waals surface area contributed by atoms with Gasteiger partial charge in [0.05, 0.1) is 17.6 Å². The van der Waals surface area contributed by atoms with Gasteiger partial charge in [0.1, 0.15) is 0 Å². The number of rotatable bonds is 3. The van der Waals surface area contributed by atoms with E-state index >= 15 is 0 Å². The normalized spacial score (nSPS) is 11.1. The number of benzene rings is 1. The van der Waals surface area contributed by atoms with Crippen LogP contribution in [-0.4, -0.2) is 16.0 Å². The van der Waals surface area contributed by atoms with Crippen molar-refractivity contribution in [2.45, 2.75) is 13.3 Å². The van der Waals surface area contributed by atoms with Gasteiger partial charge < -0.3 is 0 Å². The average molecular weight is 213 g/mol. The fourth-order valence-corrected chi connectivity index (χ4v) is 1.47. The van der Waals surface area contributed by atoms with E-state index in [4.69, 9.17) is 0 Å². The molecular formula is C13H15N3. The fourth-order valence-electron chi connectivity index (χ4n) is 1.47. The smallest absolute Gasteiger partial charge is 0.0789 e. The van der Waals surface area contributed by atoms with E-state index in [-0.39, 0.29) is 0 Å². The van der Waals surface area contributed by atoms with Gasteiger partial charge >= 0.3 is 0 Å². The summed E-state index contributed by atoms with van der Waals surface area (Å²) in [4.78, 5) is 4.40. The molecule has 1 heterocycles. The molecule has 1 aromatic heterocycles. The molecule has 16 heavy (non-hydrogen) atoms. The van der Waals surface area contributed by atoms with Gasteiger partial charge in [-0.3, -0.25) is 9.67 Å². The molecule has 0 unspecified atom stereocenters. The van der Waals surface area contributed by atoms with E-state index in [1.54, 1.807) is 10.9 Å². The summed E-state index contributed by atoms with van der Waals surface area (Å²) in [5.41, 5.74) is 3.30. The lowest BCUT2D eigenvalue weighted by Gasteiger charge is -1.97. The maximum absolute atomic E-state index is 4.40. The molecule has 3 heteroatoms. The van der Waals surface area contributed by atoms with Gasteiger partial charge in [-0.1, -0.05) is 19.1 Å². The summed E-state index contributed by atoms with van der Waals surface area (Å²) in [6, 6.07) is 10.2. The number of aliphatic imine (C=N–C) groups is 1. The molecule has 0 spiro atoms. The van der Waals surface area contributed by atoms with Gasteiger partial charge in [-0.25, -0.2) is 0 Å². The zero-order chi connectivity index (χ0) is 11.4. The van der Waals surface area contributed by atoms with Gasteiger partial charge in [0.15, 0.2) is 0 Å². The first-order valence-electron chi connectivity index (χ1n) is 5.40. The minimum Gasteiger partial charge on any atom is -0.267 e. The molecule has 0 N–H and O–H groups in total. The van der Waals surface area contributed by atoms with Crippen LogP contribution in [0.5, 0.6) is 0 Å². The van der Waals surface area contributed by atoms with Gasteiger partial charge in [-0.15, -0.1) is 0 Å². The third-order valence-corrected chi connectivity index (χ3v) is 2.55. The lowest BCUT2D eigenvalue weighted by atomic mass is 10.1. The predicted molar refractivity (Wildman–Crippen MR) is 66.3 cm³/mol. The fraction of sp³-hybridized carbons (Fsp3) is 0.231. The predicted octanol–water partition coefficient (Wildman–Crippen LogP) is 2.73. The standard InChI is InChI=1S/C13H15N3/c1-3-11-4-6-12(7-5-11)14-10-13-8-9-15-16(13)2/h4-10H,3H2,1-2H3. The molecule has 0 radical (unpaired) electrons. The molecule has 82 valence electrons. The zero-order valence-corrected chi connectivity index (χ0v) is 9.59. The van der Waals surface area contributed by atoms with Crippen molar-refractivity contribution in [1.82, 2.24) is 9.78 Å². The van der Waals surface area contributed by atoms with Gasteiger partial charge in [0, 0.05) is 13.2 Å². The Morgan fingerprint density at radius 3 is 2.56 bits per heavy atom. The van der Waals surface area contributed by atoms with E-state index in [0.29, 0.717) is 0 Å². The van der Waals surface area contributed by atoms with E-state index in [2.05, 4.69) is 29.1 Å². The van der Waals surface area contributed by atoms with Crippen molar-refractivity contribution in [3.8, 4) is 0 Å². The van der Waals surface area contributed by atoms with E-state index in [1.165, 1.54) is 5.56 Å². The van der Waals surface area contributed by atoms with Crippen molar-refractivity contribution in [3.05, 3.63) is 47.8 Å². The van der Waals surface area contributed by atoms with Crippen molar-refractivity contribution in [3.63, 3.8) is 0 Å². The Labute approximate surface area is 95.5 Å². The molecule has 2 aromatic rings. The minimum absolute atomic E-state index is 0.971. The Hall–Kier alpha value is -1.90. The highest BCUT2D eigenvalue weighted by molar-refractivity contribution is 5.79. The molecule has 0 amide bonds. The molecule has 0 aliphatic rings. The first-order chi connectivity index (χ1) is 7.79. The highest BCUT2D eigenvalue weighted by Gasteiger charge is 1.93. The minimum atomic E-state index is 0.971. The summed E-state index contributed by atoms with van der Waals surface area (Å²) < 4.78 is 1.80. The van der Waals surface area contributed by atoms with E-state index < -0.39 is 0 Å². The SMILES string of the molecule is CCc1ccc(N=Cc2ccnn2C)cc1. The van der Waals surface area contributed by atoms with E-state index in [0.717, 1.165) is 17.8 Å². The van der Waals surface area contributed by atoms with Crippen LogP contribution < -0.4 is 0 Å². The van der Waals surface area contributed by atoms with Crippen LogP contribution in [0.25, 0.3) is 0 Å². The summed E-state index contributed by atoms with van der Waals surface area (Å²) in [7, 11) is 1.90. The Balaban J connectivity index is 2.14. The first kappa shape index (κ1) is 10.6. The second-order valence-electron chi connectivity index (χ2n) is 3.66. The molecule has 0 saturated heterocycles. The maximum atomic E-state index is 4.40. The van der Waals surface area contributed by atoms with Crippen molar-refractivity contribution in [1.29, 1.82) is 0 Å². The van der Waals surface area contributed by atoms with Crippen molar-refractivity contribution in [2.24, 2.45) is 12.0 Å². The Bertz CT molecular complexity index is 480. The number of aromatic nitrogens is 2. The van der Waals surface area contributed by atoms with Crippen LogP contribution in [0.2, 0.25) is 0 Å². The van der Waals surface area contributed by atoms with Gasteiger partial charge in [-0.2, -0.15) is 5.10 Å². The van der Waals surface area contributed by atoms with Crippen LogP contribution in [0.3, 0.4) is 0 Å². The Morgan fingerprint density at radius 1 is 1.25 bits per heavy atom. The molecule has 0 aliphatic heterocycles. The van der Waals surface area contributed by atoms with E-state index in [9.17, 15) is 0 Å². The molecule has 1 aromatic carbocycles. The quantitative estimate of drug-likeness (QED) is 0.721. The van der Waals surface area contributed by atoms with Crippen molar-refractivity contribution >= 4 is 11.9 Å². The van der Waals surface area contributed by atoms with Crippen LogP contribution >= 0.6 is 0 Å². The molecule has 0 atom stereocenters. The number of nitrogens with zero attached hydrogens (tertiary/aromatic N) is 3. The topological polar surface area (TPSA) is 30.2 Å². The third-order valence-electron chi connectivity index (χ3n) is 2.55. The van der Waals surface area contributed by atoms with Gasteiger partial charge in [-0.05, 0) is 30.2 Å². The summed E-state index contributed by atoms with van der Waals surface area (Å²) in [6.45, 7) is 2.15. The largest absolute Gasteiger partial charge is 0.267 e. The first-order valence-corrected chi connectivity index (χ1v) is 5.40. The van der Waals surface area contributed by atoms with Crippen LogP contribution in [0, 0.1) is 0 Å². The number of aryl methyl sites for hydroxylation is 2. The Kier molecular flexibility index (Phi) is 3.15. The summed E-state index contributed by atoms with van der Waals surface area (Å²) in [5.74, 6) is 0. The summed E-state index contributed by atoms with van der Waals surface area (Å²) in [6.07, 6.45) is 4.65. The lowest BCUT2D eigenvalue weighted by molar-refractivity contribution is 0.762. The van der Waals surface area contributed by atoms with E-state index in [1.807, 2.05) is 31.5 Å². The molecule has 0 aliphatic carbocycles. The lowest BCUT2D eigenvalue weighted by Crippen LogP contribution is -1.95. The van der Waals surface area contributed by atoms with Crippen molar-refractivity contribution in [2.75, 3.05) is 0 Å². The highest BCUT2D eigenvalue weighted by Crippen LogP contribution is 2.13. The second-order valence-corrected chi connectivity index (χ2v) is 3.66. The average Bonchev–Trinajstić information content (AvgIpc) is 2.73. The molecular weight excluding hydrogens is 198 g/mol. The highest BCUT2D eigenvalue weighted by atomic mass is 15.3. The van der Waals surface area contributed by atoms with Gasteiger partial charge in [0.25, 0.3) is 0 Å². The molecule has 0 saturated carbocycles. The number of hydrogen-bond donors (Lipinski definition) is 0.